The molecule has 2 aromatic carbocycles. The Morgan fingerprint density at radius 2 is 1.75 bits per heavy atom. The molecule has 3 rings (SSSR count). The Hall–Kier alpha value is -2.20. The Morgan fingerprint density at radius 3 is 2.36 bits per heavy atom. The number of ether oxygens (including phenoxy) is 1. The van der Waals surface area contributed by atoms with Crippen LogP contribution in [0.2, 0.25) is 5.02 Å². The lowest BCUT2D eigenvalue weighted by atomic mass is 10.1. The number of rotatable bonds is 6. The number of nitrogens with zero attached hydrogens (tertiary/aromatic N) is 2. The Bertz CT molecular complexity index is 799. The minimum absolute atomic E-state index is 0.0736. The standard InChI is InChI=1S/C23H29ClN2O2/c1-4-18-7-10-20(11-8-18)28-22(5-2)23(27)26-14-12-25(13-15-26)21-16-19(24)9-6-17(21)3/h6-11,16,22H,4-5,12-15H2,1-3H3/t22-/m1/s1. The van der Waals surface area contributed by atoms with Crippen LogP contribution in [0, 0.1) is 6.92 Å². The first-order valence-corrected chi connectivity index (χ1v) is 10.4. The highest BCUT2D eigenvalue weighted by molar-refractivity contribution is 6.30. The summed E-state index contributed by atoms with van der Waals surface area (Å²) in [6, 6.07) is 14.0. The van der Waals surface area contributed by atoms with E-state index in [4.69, 9.17) is 16.3 Å². The predicted molar refractivity (Wildman–Crippen MR) is 116 cm³/mol. The predicted octanol–water partition coefficient (Wildman–Crippen LogP) is 4.72. The van der Waals surface area contributed by atoms with Gasteiger partial charge in [0, 0.05) is 36.9 Å². The Kier molecular flexibility index (Phi) is 6.84. The largest absolute Gasteiger partial charge is 0.481 e. The molecule has 0 radical (unpaired) electrons. The van der Waals surface area contributed by atoms with Crippen LogP contribution in [0.5, 0.6) is 5.75 Å². The summed E-state index contributed by atoms with van der Waals surface area (Å²) in [6.45, 7) is 9.20. The smallest absolute Gasteiger partial charge is 0.263 e. The lowest BCUT2D eigenvalue weighted by Crippen LogP contribution is -2.52. The van der Waals surface area contributed by atoms with Gasteiger partial charge in [-0.05, 0) is 55.2 Å². The summed E-state index contributed by atoms with van der Waals surface area (Å²) in [6.07, 6.45) is 1.21. The van der Waals surface area contributed by atoms with Gasteiger partial charge in [-0.2, -0.15) is 0 Å². The second-order valence-corrected chi connectivity index (χ2v) is 7.69. The summed E-state index contributed by atoms with van der Waals surface area (Å²) >= 11 is 6.16. The molecule has 5 heteroatoms. The summed E-state index contributed by atoms with van der Waals surface area (Å²) in [5.74, 6) is 0.829. The summed E-state index contributed by atoms with van der Waals surface area (Å²) < 4.78 is 6.00. The van der Waals surface area contributed by atoms with Gasteiger partial charge in [-0.15, -0.1) is 0 Å². The van der Waals surface area contributed by atoms with Crippen LogP contribution in [0.4, 0.5) is 5.69 Å². The van der Waals surface area contributed by atoms with Crippen molar-refractivity contribution in [2.24, 2.45) is 0 Å². The number of hydrogen-bond acceptors (Lipinski definition) is 3. The molecule has 28 heavy (non-hydrogen) atoms. The van der Waals surface area contributed by atoms with Gasteiger partial charge in [0.25, 0.3) is 5.91 Å². The Labute approximate surface area is 173 Å². The number of benzene rings is 2. The molecule has 0 spiro atoms. The third-order valence-electron chi connectivity index (χ3n) is 5.36. The second-order valence-electron chi connectivity index (χ2n) is 7.26. The number of piperazine rings is 1. The highest BCUT2D eigenvalue weighted by atomic mass is 35.5. The summed E-state index contributed by atoms with van der Waals surface area (Å²) in [4.78, 5) is 17.2. The van der Waals surface area contributed by atoms with E-state index in [1.54, 1.807) is 0 Å². The van der Waals surface area contributed by atoms with Gasteiger partial charge < -0.3 is 14.5 Å². The molecule has 0 unspecified atom stereocenters. The molecule has 1 aliphatic heterocycles. The van der Waals surface area contributed by atoms with Gasteiger partial charge >= 0.3 is 0 Å². The summed E-state index contributed by atoms with van der Waals surface area (Å²) in [5.41, 5.74) is 3.62. The zero-order valence-corrected chi connectivity index (χ0v) is 17.7. The van der Waals surface area contributed by atoms with E-state index in [1.165, 1.54) is 11.1 Å². The first-order chi connectivity index (χ1) is 13.5. The van der Waals surface area contributed by atoms with Crippen molar-refractivity contribution in [2.45, 2.75) is 39.7 Å². The number of hydrogen-bond donors (Lipinski definition) is 0. The maximum absolute atomic E-state index is 13.0. The van der Waals surface area contributed by atoms with Crippen molar-refractivity contribution in [3.05, 3.63) is 58.6 Å². The van der Waals surface area contributed by atoms with E-state index in [0.29, 0.717) is 19.5 Å². The molecular formula is C23H29ClN2O2. The number of anilines is 1. The molecule has 150 valence electrons. The first-order valence-electron chi connectivity index (χ1n) is 10.1. The molecular weight excluding hydrogens is 372 g/mol. The molecule has 1 heterocycles. The molecule has 4 nitrogen and oxygen atoms in total. The lowest BCUT2D eigenvalue weighted by Gasteiger charge is -2.38. The lowest BCUT2D eigenvalue weighted by molar-refractivity contribution is -0.139. The molecule has 0 aromatic heterocycles. The summed E-state index contributed by atoms with van der Waals surface area (Å²) in [7, 11) is 0. The van der Waals surface area contributed by atoms with Crippen LogP contribution in [0.25, 0.3) is 0 Å². The molecule has 1 saturated heterocycles. The number of carbonyl (C=O) groups excluding carboxylic acids is 1. The number of amides is 1. The van der Waals surface area contributed by atoms with Gasteiger partial charge in [-0.1, -0.05) is 43.6 Å². The van der Waals surface area contributed by atoms with Crippen LogP contribution in [0.1, 0.15) is 31.4 Å². The van der Waals surface area contributed by atoms with Gasteiger partial charge in [0.05, 0.1) is 0 Å². The van der Waals surface area contributed by atoms with Crippen LogP contribution in [0.3, 0.4) is 0 Å². The Morgan fingerprint density at radius 1 is 1.07 bits per heavy atom. The van der Waals surface area contributed by atoms with Crippen molar-refractivity contribution < 1.29 is 9.53 Å². The van der Waals surface area contributed by atoms with Crippen molar-refractivity contribution in [3.8, 4) is 5.75 Å². The van der Waals surface area contributed by atoms with Gasteiger partial charge in [0.2, 0.25) is 0 Å². The maximum atomic E-state index is 13.0. The van der Waals surface area contributed by atoms with Crippen molar-refractivity contribution in [2.75, 3.05) is 31.1 Å². The molecule has 2 aromatic rings. The van der Waals surface area contributed by atoms with E-state index >= 15 is 0 Å². The fourth-order valence-corrected chi connectivity index (χ4v) is 3.74. The average molecular weight is 401 g/mol. The SMILES string of the molecule is CCc1ccc(O[C@H](CC)C(=O)N2CCN(c3cc(Cl)ccc3C)CC2)cc1. The second kappa shape index (κ2) is 9.33. The Balaban J connectivity index is 1.60. The molecule has 0 bridgehead atoms. The molecule has 1 fully saturated rings. The van der Waals surface area contributed by atoms with E-state index in [-0.39, 0.29) is 5.91 Å². The van der Waals surface area contributed by atoms with Crippen LogP contribution in [-0.4, -0.2) is 43.1 Å². The quantitative estimate of drug-likeness (QED) is 0.703. The third kappa shape index (κ3) is 4.79. The third-order valence-corrected chi connectivity index (χ3v) is 5.59. The number of halogens is 1. The van der Waals surface area contributed by atoms with Gasteiger partial charge in [0.15, 0.2) is 6.10 Å². The van der Waals surface area contributed by atoms with Crippen molar-refractivity contribution in [1.82, 2.24) is 4.90 Å². The van der Waals surface area contributed by atoms with E-state index in [2.05, 4.69) is 30.9 Å². The number of aryl methyl sites for hydroxylation is 2. The zero-order valence-electron chi connectivity index (χ0n) is 17.0. The highest BCUT2D eigenvalue weighted by Crippen LogP contribution is 2.25. The minimum Gasteiger partial charge on any atom is -0.481 e. The maximum Gasteiger partial charge on any atom is 0.263 e. The van der Waals surface area contributed by atoms with Crippen LogP contribution in [-0.2, 0) is 11.2 Å². The fraction of sp³-hybridized carbons (Fsp3) is 0.435. The highest BCUT2D eigenvalue weighted by Gasteiger charge is 2.28. The summed E-state index contributed by atoms with van der Waals surface area (Å²) in [5, 5.41) is 0.743. The normalized spacial score (nSPS) is 15.4. The van der Waals surface area contributed by atoms with Crippen molar-refractivity contribution >= 4 is 23.2 Å². The number of carbonyl (C=O) groups is 1. The molecule has 1 amide bonds. The molecule has 1 atom stereocenters. The molecule has 0 saturated carbocycles. The van der Waals surface area contributed by atoms with E-state index in [1.807, 2.05) is 42.2 Å². The van der Waals surface area contributed by atoms with E-state index in [0.717, 1.165) is 36.0 Å². The van der Waals surface area contributed by atoms with E-state index in [9.17, 15) is 4.79 Å². The first kappa shape index (κ1) is 20.5. The van der Waals surface area contributed by atoms with Gasteiger partial charge in [0.1, 0.15) is 5.75 Å². The zero-order chi connectivity index (χ0) is 20.1. The van der Waals surface area contributed by atoms with Crippen LogP contribution in [0.15, 0.2) is 42.5 Å². The van der Waals surface area contributed by atoms with Crippen molar-refractivity contribution in [3.63, 3.8) is 0 Å². The molecule has 0 N–H and O–H groups in total. The average Bonchev–Trinajstić information content (AvgIpc) is 2.74. The topological polar surface area (TPSA) is 32.8 Å². The minimum atomic E-state index is -0.438. The monoisotopic (exact) mass is 400 g/mol. The van der Waals surface area contributed by atoms with Gasteiger partial charge in [-0.25, -0.2) is 0 Å². The van der Waals surface area contributed by atoms with Crippen LogP contribution < -0.4 is 9.64 Å². The molecule has 1 aliphatic rings. The molecule has 0 aliphatic carbocycles. The van der Waals surface area contributed by atoms with Crippen molar-refractivity contribution in [1.29, 1.82) is 0 Å². The fourth-order valence-electron chi connectivity index (χ4n) is 3.57. The van der Waals surface area contributed by atoms with E-state index < -0.39 is 6.10 Å². The van der Waals surface area contributed by atoms with Crippen LogP contribution >= 0.6 is 11.6 Å². The van der Waals surface area contributed by atoms with Gasteiger partial charge in [-0.3, -0.25) is 4.79 Å².